The molecule has 0 bridgehead atoms. The summed E-state index contributed by atoms with van der Waals surface area (Å²) in [7, 11) is 0. The summed E-state index contributed by atoms with van der Waals surface area (Å²) in [6, 6.07) is 12.9. The molecule has 0 aliphatic rings. The van der Waals surface area contributed by atoms with Gasteiger partial charge in [0.05, 0.1) is 10.6 Å². The number of nitriles is 1. The molecule has 19 heavy (non-hydrogen) atoms. The molecular weight excluding hydrogens is 260 g/mol. The number of rotatable bonds is 3. The van der Waals surface area contributed by atoms with E-state index in [9.17, 15) is 0 Å². The molecule has 0 amide bonds. The second kappa shape index (κ2) is 5.75. The molecule has 0 aliphatic heterocycles. The zero-order chi connectivity index (χ0) is 13.8. The molecule has 2 aromatic carbocycles. The lowest BCUT2D eigenvalue weighted by molar-refractivity contribution is 0.480. The third-order valence-corrected chi connectivity index (χ3v) is 3.02. The van der Waals surface area contributed by atoms with Crippen molar-refractivity contribution in [2.75, 3.05) is 0 Å². The topological polar surface area (TPSA) is 59.0 Å². The van der Waals surface area contributed by atoms with Crippen molar-refractivity contribution in [2.24, 2.45) is 5.73 Å². The van der Waals surface area contributed by atoms with Crippen LogP contribution in [-0.2, 0) is 6.54 Å². The van der Waals surface area contributed by atoms with E-state index in [0.717, 1.165) is 11.1 Å². The summed E-state index contributed by atoms with van der Waals surface area (Å²) in [5.74, 6) is 1.02. The predicted octanol–water partition coefficient (Wildman–Crippen LogP) is 3.77. The van der Waals surface area contributed by atoms with Crippen LogP contribution in [0.15, 0.2) is 36.4 Å². The number of halogens is 1. The Kier molecular flexibility index (Phi) is 4.06. The third kappa shape index (κ3) is 3.05. The highest BCUT2D eigenvalue weighted by Crippen LogP contribution is 2.32. The number of hydrogen-bond donors (Lipinski definition) is 1. The maximum absolute atomic E-state index is 9.14. The van der Waals surface area contributed by atoms with E-state index < -0.39 is 0 Å². The van der Waals surface area contributed by atoms with Gasteiger partial charge in [0.15, 0.2) is 0 Å². The second-order valence-electron chi connectivity index (χ2n) is 4.18. The van der Waals surface area contributed by atoms with E-state index >= 15 is 0 Å². The molecule has 2 N–H and O–H groups in total. The summed E-state index contributed by atoms with van der Waals surface area (Å²) in [4.78, 5) is 0. The molecule has 0 saturated heterocycles. The fraction of sp³-hybridized carbons (Fsp3) is 0.133. The van der Waals surface area contributed by atoms with Gasteiger partial charge in [0.1, 0.15) is 17.6 Å². The molecule has 2 aromatic rings. The maximum atomic E-state index is 9.14. The van der Waals surface area contributed by atoms with Crippen molar-refractivity contribution < 1.29 is 4.74 Å². The zero-order valence-corrected chi connectivity index (χ0v) is 11.2. The van der Waals surface area contributed by atoms with Crippen LogP contribution in [0.2, 0.25) is 5.02 Å². The highest BCUT2D eigenvalue weighted by molar-refractivity contribution is 6.32. The zero-order valence-electron chi connectivity index (χ0n) is 10.5. The normalized spacial score (nSPS) is 10.0. The van der Waals surface area contributed by atoms with Gasteiger partial charge in [-0.2, -0.15) is 5.26 Å². The first-order valence-corrected chi connectivity index (χ1v) is 6.19. The van der Waals surface area contributed by atoms with Crippen molar-refractivity contribution >= 4 is 11.6 Å². The van der Waals surface area contributed by atoms with Gasteiger partial charge in [0.25, 0.3) is 0 Å². The highest BCUT2D eigenvalue weighted by Gasteiger charge is 2.08. The van der Waals surface area contributed by atoms with Gasteiger partial charge in [-0.25, -0.2) is 0 Å². The first kappa shape index (κ1) is 13.4. The molecule has 0 aromatic heterocycles. The minimum absolute atomic E-state index is 0.389. The van der Waals surface area contributed by atoms with Crippen molar-refractivity contribution in [3.05, 3.63) is 58.1 Å². The van der Waals surface area contributed by atoms with Crippen LogP contribution in [-0.4, -0.2) is 0 Å². The third-order valence-electron chi connectivity index (χ3n) is 2.71. The predicted molar refractivity (Wildman–Crippen MR) is 75.3 cm³/mol. The summed E-state index contributed by atoms with van der Waals surface area (Å²) in [6.45, 7) is 2.34. The van der Waals surface area contributed by atoms with Crippen LogP contribution in [0, 0.1) is 18.3 Å². The summed E-state index contributed by atoms with van der Waals surface area (Å²) >= 11 is 6.07. The SMILES string of the molecule is Cc1ccc(Cl)c(Oc2ccc(CN)cc2C#N)c1. The van der Waals surface area contributed by atoms with E-state index in [1.807, 2.05) is 25.1 Å². The Balaban J connectivity index is 2.38. The minimum Gasteiger partial charge on any atom is -0.454 e. The van der Waals surface area contributed by atoms with Crippen molar-refractivity contribution in [3.8, 4) is 17.6 Å². The molecule has 4 heteroatoms. The Hall–Kier alpha value is -2.02. The molecule has 0 radical (unpaired) electrons. The van der Waals surface area contributed by atoms with Crippen molar-refractivity contribution in [3.63, 3.8) is 0 Å². The van der Waals surface area contributed by atoms with E-state index in [0.29, 0.717) is 28.6 Å². The van der Waals surface area contributed by atoms with Gasteiger partial charge in [0, 0.05) is 6.54 Å². The van der Waals surface area contributed by atoms with E-state index in [2.05, 4.69) is 6.07 Å². The molecular formula is C15H13ClN2O. The van der Waals surface area contributed by atoms with Crippen LogP contribution < -0.4 is 10.5 Å². The molecule has 3 nitrogen and oxygen atoms in total. The number of ether oxygens (including phenoxy) is 1. The fourth-order valence-electron chi connectivity index (χ4n) is 1.69. The van der Waals surface area contributed by atoms with Gasteiger partial charge in [-0.3, -0.25) is 0 Å². The summed E-state index contributed by atoms with van der Waals surface area (Å²) in [5, 5.41) is 9.65. The van der Waals surface area contributed by atoms with Crippen LogP contribution in [0.25, 0.3) is 0 Å². The lowest BCUT2D eigenvalue weighted by atomic mass is 10.1. The standard InChI is InChI=1S/C15H13ClN2O/c1-10-2-4-13(16)15(6-10)19-14-5-3-11(8-17)7-12(14)9-18/h2-7H,8,17H2,1H3. The maximum Gasteiger partial charge on any atom is 0.146 e. The number of nitrogens with zero attached hydrogens (tertiary/aromatic N) is 1. The monoisotopic (exact) mass is 272 g/mol. The molecule has 0 unspecified atom stereocenters. The van der Waals surface area contributed by atoms with Crippen LogP contribution in [0.4, 0.5) is 0 Å². The smallest absolute Gasteiger partial charge is 0.146 e. The molecule has 0 atom stereocenters. The minimum atomic E-state index is 0.389. The molecule has 0 fully saturated rings. The molecule has 2 rings (SSSR count). The van der Waals surface area contributed by atoms with Crippen LogP contribution >= 0.6 is 11.6 Å². The quantitative estimate of drug-likeness (QED) is 0.925. The first-order valence-electron chi connectivity index (χ1n) is 5.81. The summed E-state index contributed by atoms with van der Waals surface area (Å²) in [6.07, 6.45) is 0. The van der Waals surface area contributed by atoms with E-state index in [4.69, 9.17) is 27.3 Å². The van der Waals surface area contributed by atoms with Crippen molar-refractivity contribution in [2.45, 2.75) is 13.5 Å². The van der Waals surface area contributed by atoms with E-state index in [1.165, 1.54) is 0 Å². The average molecular weight is 273 g/mol. The Labute approximate surface area is 117 Å². The Morgan fingerprint density at radius 2 is 2.00 bits per heavy atom. The van der Waals surface area contributed by atoms with Gasteiger partial charge < -0.3 is 10.5 Å². The largest absolute Gasteiger partial charge is 0.454 e. The second-order valence-corrected chi connectivity index (χ2v) is 4.59. The van der Waals surface area contributed by atoms with Gasteiger partial charge >= 0.3 is 0 Å². The van der Waals surface area contributed by atoms with Gasteiger partial charge in [-0.15, -0.1) is 0 Å². The first-order chi connectivity index (χ1) is 9.13. The van der Waals surface area contributed by atoms with Crippen LogP contribution in [0.1, 0.15) is 16.7 Å². The number of nitrogens with two attached hydrogens (primary N) is 1. The molecule has 0 saturated carbocycles. The summed E-state index contributed by atoms with van der Waals surface area (Å²) < 4.78 is 5.72. The van der Waals surface area contributed by atoms with E-state index in [1.54, 1.807) is 18.2 Å². The fourth-order valence-corrected chi connectivity index (χ4v) is 1.84. The van der Waals surface area contributed by atoms with Crippen molar-refractivity contribution in [1.82, 2.24) is 0 Å². The lowest BCUT2D eigenvalue weighted by Crippen LogP contribution is -1.97. The van der Waals surface area contributed by atoms with Gasteiger partial charge in [0.2, 0.25) is 0 Å². The number of benzene rings is 2. The average Bonchev–Trinajstić information content (AvgIpc) is 2.43. The molecule has 0 spiro atoms. The number of aryl methyl sites for hydroxylation is 1. The Morgan fingerprint density at radius 3 is 2.68 bits per heavy atom. The summed E-state index contributed by atoms with van der Waals surface area (Å²) in [5.41, 5.74) is 7.92. The lowest BCUT2D eigenvalue weighted by Gasteiger charge is -2.10. The van der Waals surface area contributed by atoms with Gasteiger partial charge in [-0.1, -0.05) is 23.7 Å². The molecule has 0 aliphatic carbocycles. The molecule has 0 heterocycles. The number of hydrogen-bond acceptors (Lipinski definition) is 3. The Morgan fingerprint density at radius 1 is 1.21 bits per heavy atom. The van der Waals surface area contributed by atoms with Crippen LogP contribution in [0.3, 0.4) is 0 Å². The van der Waals surface area contributed by atoms with Crippen LogP contribution in [0.5, 0.6) is 11.5 Å². The molecule has 96 valence electrons. The van der Waals surface area contributed by atoms with Gasteiger partial charge in [-0.05, 0) is 42.3 Å². The van der Waals surface area contributed by atoms with Crippen molar-refractivity contribution in [1.29, 1.82) is 5.26 Å². The van der Waals surface area contributed by atoms with E-state index in [-0.39, 0.29) is 0 Å². The highest BCUT2D eigenvalue weighted by atomic mass is 35.5. The Bertz CT molecular complexity index is 647.